The van der Waals surface area contributed by atoms with Crippen molar-refractivity contribution in [2.45, 2.75) is 39.7 Å². The molecule has 0 unspecified atom stereocenters. The number of anilines is 1. The highest BCUT2D eigenvalue weighted by Gasteiger charge is 2.19. The van der Waals surface area contributed by atoms with Gasteiger partial charge < -0.3 is 15.4 Å². The number of nitrogens with one attached hydrogen (secondary N) is 2. The largest absolute Gasteiger partial charge is 0.374 e. The zero-order valence-electron chi connectivity index (χ0n) is 12.7. The molecule has 0 saturated heterocycles. The van der Waals surface area contributed by atoms with Crippen LogP contribution in [0.1, 0.15) is 44.6 Å². The molecule has 0 aromatic carbocycles. The number of carbonyl (C=O) groups excluding carboxylic acids is 1. The Bertz CT molecular complexity index is 435. The van der Waals surface area contributed by atoms with Crippen molar-refractivity contribution in [2.75, 3.05) is 25.0 Å². The standard InChI is InChI=1S/C14H24N4O2/c1-5-7-16-12-9-15-8-11(18-12)13(19)17-10-14(3,4)20-6-2/h8-9H,5-7,10H2,1-4H3,(H,16,18)(H,17,19). The molecule has 0 aliphatic heterocycles. The maximum Gasteiger partial charge on any atom is 0.271 e. The number of ether oxygens (including phenoxy) is 1. The lowest BCUT2D eigenvalue weighted by molar-refractivity contribution is -0.00818. The highest BCUT2D eigenvalue weighted by Crippen LogP contribution is 2.08. The lowest BCUT2D eigenvalue weighted by Crippen LogP contribution is -2.40. The maximum absolute atomic E-state index is 12.0. The van der Waals surface area contributed by atoms with Gasteiger partial charge in [-0.05, 0) is 27.2 Å². The summed E-state index contributed by atoms with van der Waals surface area (Å²) in [5.41, 5.74) is -0.0889. The van der Waals surface area contributed by atoms with Crippen LogP contribution in [0.4, 0.5) is 5.82 Å². The molecule has 0 bridgehead atoms. The molecule has 0 saturated carbocycles. The number of carbonyl (C=O) groups is 1. The number of rotatable bonds is 8. The molecule has 0 aliphatic rings. The number of aromatic nitrogens is 2. The predicted octanol–water partition coefficient (Wildman–Crippen LogP) is 1.84. The number of hydrogen-bond donors (Lipinski definition) is 2. The van der Waals surface area contributed by atoms with Gasteiger partial charge in [0, 0.05) is 19.7 Å². The zero-order chi connectivity index (χ0) is 15.0. The van der Waals surface area contributed by atoms with E-state index in [1.54, 1.807) is 6.20 Å². The van der Waals surface area contributed by atoms with E-state index in [1.165, 1.54) is 6.20 Å². The van der Waals surface area contributed by atoms with E-state index in [0.717, 1.165) is 13.0 Å². The van der Waals surface area contributed by atoms with Crippen LogP contribution in [0.15, 0.2) is 12.4 Å². The minimum Gasteiger partial charge on any atom is -0.374 e. The summed E-state index contributed by atoms with van der Waals surface area (Å²) in [7, 11) is 0. The minimum absolute atomic E-state index is 0.245. The highest BCUT2D eigenvalue weighted by molar-refractivity contribution is 5.92. The molecule has 1 aromatic rings. The van der Waals surface area contributed by atoms with Gasteiger partial charge in [-0.25, -0.2) is 4.98 Å². The summed E-state index contributed by atoms with van der Waals surface area (Å²) in [6.45, 7) is 9.69. The smallest absolute Gasteiger partial charge is 0.271 e. The summed E-state index contributed by atoms with van der Waals surface area (Å²) in [6.07, 6.45) is 4.05. The van der Waals surface area contributed by atoms with Gasteiger partial charge in [-0.3, -0.25) is 9.78 Å². The van der Waals surface area contributed by atoms with Crippen LogP contribution in [0.2, 0.25) is 0 Å². The summed E-state index contributed by atoms with van der Waals surface area (Å²) in [5.74, 6) is 0.369. The molecule has 0 spiro atoms. The summed E-state index contributed by atoms with van der Waals surface area (Å²) in [5, 5.41) is 5.92. The molecule has 1 rings (SSSR count). The third kappa shape index (κ3) is 5.52. The van der Waals surface area contributed by atoms with E-state index in [4.69, 9.17) is 4.74 Å². The maximum atomic E-state index is 12.0. The van der Waals surface area contributed by atoms with Crippen LogP contribution in [0.3, 0.4) is 0 Å². The fraction of sp³-hybridized carbons (Fsp3) is 0.643. The summed E-state index contributed by atoms with van der Waals surface area (Å²) in [4.78, 5) is 20.3. The molecule has 0 aliphatic carbocycles. The van der Waals surface area contributed by atoms with Crippen LogP contribution in [0.5, 0.6) is 0 Å². The summed E-state index contributed by atoms with van der Waals surface area (Å²) < 4.78 is 5.53. The third-order valence-corrected chi connectivity index (χ3v) is 2.63. The van der Waals surface area contributed by atoms with Gasteiger partial charge in [-0.15, -0.1) is 0 Å². The average Bonchev–Trinajstić information content (AvgIpc) is 2.43. The van der Waals surface area contributed by atoms with E-state index in [1.807, 2.05) is 20.8 Å². The second-order valence-electron chi connectivity index (χ2n) is 5.09. The quantitative estimate of drug-likeness (QED) is 0.760. The van der Waals surface area contributed by atoms with Gasteiger partial charge in [0.1, 0.15) is 11.5 Å². The van der Waals surface area contributed by atoms with Crippen LogP contribution in [0, 0.1) is 0 Å². The van der Waals surface area contributed by atoms with E-state index < -0.39 is 5.60 Å². The van der Waals surface area contributed by atoms with Crippen LogP contribution >= 0.6 is 0 Å². The second kappa shape index (κ2) is 7.79. The Kier molecular flexibility index (Phi) is 6.38. The minimum atomic E-state index is -0.393. The molecule has 1 aromatic heterocycles. The fourth-order valence-electron chi connectivity index (χ4n) is 1.64. The molecule has 1 heterocycles. The van der Waals surface area contributed by atoms with E-state index in [2.05, 4.69) is 27.5 Å². The molecular weight excluding hydrogens is 256 g/mol. The number of amides is 1. The molecule has 6 nitrogen and oxygen atoms in total. The highest BCUT2D eigenvalue weighted by atomic mass is 16.5. The predicted molar refractivity (Wildman–Crippen MR) is 78.9 cm³/mol. The molecule has 6 heteroatoms. The van der Waals surface area contributed by atoms with Gasteiger partial charge in [0.05, 0.1) is 18.0 Å². The van der Waals surface area contributed by atoms with Crippen molar-refractivity contribution >= 4 is 11.7 Å². The van der Waals surface area contributed by atoms with Crippen molar-refractivity contribution in [1.82, 2.24) is 15.3 Å². The first-order valence-corrected chi connectivity index (χ1v) is 6.96. The van der Waals surface area contributed by atoms with Crippen LogP contribution in [-0.2, 0) is 4.74 Å². The van der Waals surface area contributed by atoms with Gasteiger partial charge in [-0.2, -0.15) is 0 Å². The molecule has 20 heavy (non-hydrogen) atoms. The van der Waals surface area contributed by atoms with Crippen LogP contribution < -0.4 is 10.6 Å². The second-order valence-corrected chi connectivity index (χ2v) is 5.09. The van der Waals surface area contributed by atoms with Gasteiger partial charge >= 0.3 is 0 Å². The lowest BCUT2D eigenvalue weighted by atomic mass is 10.1. The molecule has 112 valence electrons. The fourth-order valence-corrected chi connectivity index (χ4v) is 1.64. The number of hydrogen-bond acceptors (Lipinski definition) is 5. The Morgan fingerprint density at radius 2 is 2.10 bits per heavy atom. The van der Waals surface area contributed by atoms with Crippen molar-refractivity contribution in [1.29, 1.82) is 0 Å². The molecule has 0 fully saturated rings. The first-order valence-electron chi connectivity index (χ1n) is 6.96. The molecule has 1 amide bonds. The van der Waals surface area contributed by atoms with E-state index in [9.17, 15) is 4.79 Å². The van der Waals surface area contributed by atoms with Crippen molar-refractivity contribution < 1.29 is 9.53 Å². The average molecular weight is 280 g/mol. The molecular formula is C14H24N4O2. The Morgan fingerprint density at radius 1 is 1.35 bits per heavy atom. The SMILES string of the molecule is CCCNc1cncc(C(=O)NCC(C)(C)OCC)n1. The third-order valence-electron chi connectivity index (χ3n) is 2.63. The monoisotopic (exact) mass is 280 g/mol. The summed E-state index contributed by atoms with van der Waals surface area (Å²) >= 11 is 0. The van der Waals surface area contributed by atoms with Crippen LogP contribution in [-0.4, -0.2) is 41.2 Å². The summed E-state index contributed by atoms with van der Waals surface area (Å²) in [6, 6.07) is 0. The Hall–Kier alpha value is -1.69. The van der Waals surface area contributed by atoms with E-state index in [-0.39, 0.29) is 5.91 Å². The first kappa shape index (κ1) is 16.4. The molecule has 0 radical (unpaired) electrons. The van der Waals surface area contributed by atoms with Crippen molar-refractivity contribution in [3.05, 3.63) is 18.1 Å². The van der Waals surface area contributed by atoms with E-state index in [0.29, 0.717) is 24.7 Å². The van der Waals surface area contributed by atoms with E-state index >= 15 is 0 Å². The van der Waals surface area contributed by atoms with Gasteiger partial charge in [0.25, 0.3) is 5.91 Å². The van der Waals surface area contributed by atoms with Crippen LogP contribution in [0.25, 0.3) is 0 Å². The normalized spacial score (nSPS) is 11.2. The lowest BCUT2D eigenvalue weighted by Gasteiger charge is -2.24. The van der Waals surface area contributed by atoms with Crippen molar-refractivity contribution in [3.63, 3.8) is 0 Å². The molecule has 0 atom stereocenters. The van der Waals surface area contributed by atoms with Gasteiger partial charge in [-0.1, -0.05) is 6.92 Å². The number of nitrogens with zero attached hydrogens (tertiary/aromatic N) is 2. The Morgan fingerprint density at radius 3 is 2.75 bits per heavy atom. The first-order chi connectivity index (χ1) is 9.48. The Labute approximate surface area is 120 Å². The van der Waals surface area contributed by atoms with Crippen molar-refractivity contribution in [3.8, 4) is 0 Å². The Balaban J connectivity index is 2.59. The van der Waals surface area contributed by atoms with Gasteiger partial charge in [0.2, 0.25) is 0 Å². The molecule has 2 N–H and O–H groups in total. The van der Waals surface area contributed by atoms with Crippen molar-refractivity contribution in [2.24, 2.45) is 0 Å². The topological polar surface area (TPSA) is 76.1 Å². The van der Waals surface area contributed by atoms with Gasteiger partial charge in [0.15, 0.2) is 0 Å². The zero-order valence-corrected chi connectivity index (χ0v) is 12.7.